The molecule has 0 heterocycles. The number of halogens is 1. The molecule has 0 aliphatic rings. The number of nitrogens with zero attached hydrogens (tertiary/aromatic N) is 1. The van der Waals surface area contributed by atoms with Gasteiger partial charge in [0.15, 0.2) is 0 Å². The molecule has 0 spiro atoms. The zero-order chi connectivity index (χ0) is 10.6. The third-order valence-corrected chi connectivity index (χ3v) is 2.27. The van der Waals surface area contributed by atoms with Gasteiger partial charge in [-0.05, 0) is 29.7 Å². The maximum absolute atomic E-state index is 9.01. The molecule has 1 aromatic carbocycles. The zero-order valence-corrected chi connectivity index (χ0v) is 8.25. The van der Waals surface area contributed by atoms with Gasteiger partial charge in [-0.15, -0.1) is 0 Å². The lowest BCUT2D eigenvalue weighted by molar-refractivity contribution is 0.276. The maximum atomic E-state index is 9.01. The van der Waals surface area contributed by atoms with Crippen molar-refractivity contribution in [3.63, 3.8) is 0 Å². The lowest BCUT2D eigenvalue weighted by atomic mass is 10.0. The van der Waals surface area contributed by atoms with Crippen LogP contribution in [0, 0.1) is 11.3 Å². The summed E-state index contributed by atoms with van der Waals surface area (Å²) in [6.07, 6.45) is 0.418. The standard InChI is InChI=1S/C10H10ClNO2/c11-10-4-9(6-14)7(1-2-13)3-8(10)5-12/h3-4,13-14H,1-2,6H2. The van der Waals surface area contributed by atoms with E-state index in [4.69, 9.17) is 27.1 Å². The molecule has 0 aliphatic carbocycles. The van der Waals surface area contributed by atoms with Gasteiger partial charge in [0.2, 0.25) is 0 Å². The van der Waals surface area contributed by atoms with Crippen LogP contribution in [0.15, 0.2) is 12.1 Å². The Morgan fingerprint density at radius 2 is 2.00 bits per heavy atom. The van der Waals surface area contributed by atoms with Crippen molar-refractivity contribution >= 4 is 11.6 Å². The largest absolute Gasteiger partial charge is 0.396 e. The van der Waals surface area contributed by atoms with Crippen molar-refractivity contribution in [2.75, 3.05) is 6.61 Å². The molecule has 3 nitrogen and oxygen atoms in total. The minimum atomic E-state index is -0.138. The van der Waals surface area contributed by atoms with E-state index in [-0.39, 0.29) is 13.2 Å². The number of hydrogen-bond donors (Lipinski definition) is 2. The number of aliphatic hydroxyl groups is 2. The Morgan fingerprint density at radius 1 is 1.29 bits per heavy atom. The second kappa shape index (κ2) is 4.97. The fourth-order valence-electron chi connectivity index (χ4n) is 1.25. The molecule has 0 aliphatic heterocycles. The first kappa shape index (κ1) is 11.0. The lowest BCUT2D eigenvalue weighted by Gasteiger charge is -2.07. The van der Waals surface area contributed by atoms with E-state index in [1.807, 2.05) is 6.07 Å². The highest BCUT2D eigenvalue weighted by atomic mass is 35.5. The third-order valence-electron chi connectivity index (χ3n) is 1.96. The highest BCUT2D eigenvalue weighted by Crippen LogP contribution is 2.21. The van der Waals surface area contributed by atoms with Crippen molar-refractivity contribution < 1.29 is 10.2 Å². The number of aliphatic hydroxyl groups excluding tert-OH is 2. The van der Waals surface area contributed by atoms with E-state index in [1.54, 1.807) is 12.1 Å². The minimum absolute atomic E-state index is 0.0144. The van der Waals surface area contributed by atoms with Crippen LogP contribution in [0.5, 0.6) is 0 Å². The van der Waals surface area contributed by atoms with Crippen molar-refractivity contribution in [1.29, 1.82) is 5.26 Å². The van der Waals surface area contributed by atoms with Crippen LogP contribution in [0.1, 0.15) is 16.7 Å². The van der Waals surface area contributed by atoms with E-state index in [9.17, 15) is 0 Å². The quantitative estimate of drug-likeness (QED) is 0.791. The van der Waals surface area contributed by atoms with Crippen LogP contribution < -0.4 is 0 Å². The number of rotatable bonds is 3. The molecule has 0 radical (unpaired) electrons. The summed E-state index contributed by atoms with van der Waals surface area (Å²) in [4.78, 5) is 0. The van der Waals surface area contributed by atoms with Gasteiger partial charge in [0, 0.05) is 6.61 Å². The van der Waals surface area contributed by atoms with Crippen LogP contribution in [-0.4, -0.2) is 16.8 Å². The van der Waals surface area contributed by atoms with Crippen molar-refractivity contribution in [3.8, 4) is 6.07 Å². The molecule has 0 saturated heterocycles. The summed E-state index contributed by atoms with van der Waals surface area (Å²) < 4.78 is 0. The molecular weight excluding hydrogens is 202 g/mol. The van der Waals surface area contributed by atoms with Crippen molar-refractivity contribution in [2.45, 2.75) is 13.0 Å². The van der Waals surface area contributed by atoms with Gasteiger partial charge in [-0.2, -0.15) is 5.26 Å². The van der Waals surface area contributed by atoms with E-state index in [0.29, 0.717) is 22.6 Å². The molecule has 1 rings (SSSR count). The summed E-state index contributed by atoms with van der Waals surface area (Å²) in [6.45, 7) is -0.153. The maximum Gasteiger partial charge on any atom is 0.101 e. The van der Waals surface area contributed by atoms with Gasteiger partial charge in [-0.3, -0.25) is 0 Å². The van der Waals surface area contributed by atoms with Crippen molar-refractivity contribution in [1.82, 2.24) is 0 Å². The molecule has 0 fully saturated rings. The van der Waals surface area contributed by atoms with Gasteiger partial charge in [-0.1, -0.05) is 11.6 Å². The Hall–Kier alpha value is -1.08. The fraction of sp³-hybridized carbons (Fsp3) is 0.300. The molecule has 0 unspecified atom stereocenters. The molecule has 2 N–H and O–H groups in total. The summed E-state index contributed by atoms with van der Waals surface area (Å²) in [5.74, 6) is 0. The summed E-state index contributed by atoms with van der Waals surface area (Å²) in [5, 5.41) is 26.8. The summed E-state index contributed by atoms with van der Waals surface area (Å²) in [5.41, 5.74) is 1.78. The van der Waals surface area contributed by atoms with Crippen LogP contribution in [-0.2, 0) is 13.0 Å². The van der Waals surface area contributed by atoms with Gasteiger partial charge >= 0.3 is 0 Å². The van der Waals surface area contributed by atoms with Gasteiger partial charge in [0.25, 0.3) is 0 Å². The Labute approximate surface area is 87.2 Å². The average molecular weight is 212 g/mol. The second-order valence-electron chi connectivity index (χ2n) is 2.84. The second-order valence-corrected chi connectivity index (χ2v) is 3.25. The van der Waals surface area contributed by atoms with Gasteiger partial charge in [-0.25, -0.2) is 0 Å². The Balaban J connectivity index is 3.19. The molecule has 4 heteroatoms. The Morgan fingerprint density at radius 3 is 2.50 bits per heavy atom. The summed E-state index contributed by atoms with van der Waals surface area (Å²) in [7, 11) is 0. The first-order chi connectivity index (χ1) is 6.72. The van der Waals surface area contributed by atoms with Gasteiger partial charge in [0.05, 0.1) is 17.2 Å². The van der Waals surface area contributed by atoms with Crippen LogP contribution in [0.2, 0.25) is 5.02 Å². The van der Waals surface area contributed by atoms with Gasteiger partial charge < -0.3 is 10.2 Å². The summed E-state index contributed by atoms with van der Waals surface area (Å²) >= 11 is 5.78. The van der Waals surface area contributed by atoms with Crippen molar-refractivity contribution in [3.05, 3.63) is 33.8 Å². The monoisotopic (exact) mass is 211 g/mol. The number of benzene rings is 1. The van der Waals surface area contributed by atoms with Crippen LogP contribution in [0.4, 0.5) is 0 Å². The van der Waals surface area contributed by atoms with E-state index >= 15 is 0 Å². The molecule has 0 aromatic heterocycles. The van der Waals surface area contributed by atoms with Crippen LogP contribution in [0.3, 0.4) is 0 Å². The third kappa shape index (κ3) is 2.24. The minimum Gasteiger partial charge on any atom is -0.396 e. The van der Waals surface area contributed by atoms with E-state index < -0.39 is 0 Å². The SMILES string of the molecule is N#Cc1cc(CCO)c(CO)cc1Cl. The first-order valence-electron chi connectivity index (χ1n) is 4.16. The van der Waals surface area contributed by atoms with E-state index in [1.165, 1.54) is 0 Å². The van der Waals surface area contributed by atoms with E-state index in [0.717, 1.165) is 5.56 Å². The predicted molar refractivity (Wildman–Crippen MR) is 52.9 cm³/mol. The molecule has 0 amide bonds. The van der Waals surface area contributed by atoms with Crippen LogP contribution in [0.25, 0.3) is 0 Å². The number of hydrogen-bond acceptors (Lipinski definition) is 3. The molecule has 0 bridgehead atoms. The van der Waals surface area contributed by atoms with Crippen molar-refractivity contribution in [2.24, 2.45) is 0 Å². The summed E-state index contributed by atoms with van der Waals surface area (Å²) in [6, 6.07) is 5.11. The Bertz CT molecular complexity index is 371. The average Bonchev–Trinajstić information content (AvgIpc) is 2.20. The molecule has 14 heavy (non-hydrogen) atoms. The molecule has 1 aromatic rings. The highest BCUT2D eigenvalue weighted by molar-refractivity contribution is 6.31. The fourth-order valence-corrected chi connectivity index (χ4v) is 1.47. The Kier molecular flexibility index (Phi) is 3.90. The smallest absolute Gasteiger partial charge is 0.101 e. The molecular formula is C10H10ClNO2. The molecule has 0 saturated carbocycles. The highest BCUT2D eigenvalue weighted by Gasteiger charge is 2.07. The topological polar surface area (TPSA) is 64.2 Å². The molecule has 0 atom stereocenters. The normalized spacial score (nSPS) is 9.86. The zero-order valence-electron chi connectivity index (χ0n) is 7.50. The van der Waals surface area contributed by atoms with Gasteiger partial charge in [0.1, 0.15) is 6.07 Å². The van der Waals surface area contributed by atoms with E-state index in [2.05, 4.69) is 0 Å². The predicted octanol–water partition coefficient (Wildman–Crippen LogP) is 1.24. The molecule has 74 valence electrons. The van der Waals surface area contributed by atoms with Crippen LogP contribution >= 0.6 is 11.6 Å². The lowest BCUT2D eigenvalue weighted by Crippen LogP contribution is -1.99. The number of nitriles is 1. The first-order valence-corrected chi connectivity index (χ1v) is 4.53.